The van der Waals surface area contributed by atoms with Gasteiger partial charge in [-0.25, -0.2) is 11.3 Å². The normalized spacial score (nSPS) is 16.8. The van der Waals surface area contributed by atoms with Gasteiger partial charge < -0.3 is 0 Å². The van der Waals surface area contributed by atoms with Crippen molar-refractivity contribution in [3.8, 4) is 0 Å². The molecule has 2 heteroatoms. The van der Waals surface area contributed by atoms with Crippen LogP contribution in [0.2, 0.25) is 18.1 Å². The molecule has 1 aliphatic carbocycles. The van der Waals surface area contributed by atoms with Crippen LogP contribution in [-0.4, -0.2) is 8.07 Å². The summed E-state index contributed by atoms with van der Waals surface area (Å²) >= 11 is 0. The first-order valence-corrected chi connectivity index (χ1v) is 7.63. The van der Waals surface area contributed by atoms with Crippen molar-refractivity contribution in [3.05, 3.63) is 23.4 Å². The van der Waals surface area contributed by atoms with Crippen molar-refractivity contribution < 1.29 is 29.6 Å². The van der Waals surface area contributed by atoms with Gasteiger partial charge in [-0.15, -0.1) is 6.42 Å². The largest absolute Gasteiger partial charge is 1.00 e. The fourth-order valence-electron chi connectivity index (χ4n) is 1.24. The molecule has 0 nitrogen and oxygen atoms in total. The molecule has 0 aromatic heterocycles. The molecule has 13 heavy (non-hydrogen) atoms. The van der Waals surface area contributed by atoms with Crippen LogP contribution in [0.15, 0.2) is 17.3 Å². The van der Waals surface area contributed by atoms with Crippen LogP contribution in [0.25, 0.3) is 0 Å². The summed E-state index contributed by atoms with van der Waals surface area (Å²) in [5.74, 6) is 0. The molecule has 0 atom stereocenters. The van der Waals surface area contributed by atoms with Gasteiger partial charge in [-0.05, 0) is 5.04 Å². The zero-order chi connectivity index (χ0) is 9.41. The molecule has 0 saturated carbocycles. The summed E-state index contributed by atoms with van der Waals surface area (Å²) in [7, 11) is -1.25. The first-order valence-electron chi connectivity index (χ1n) is 4.63. The third kappa shape index (κ3) is 2.82. The maximum Gasteiger partial charge on any atom is 1.00 e. The molecule has 1 aliphatic rings. The van der Waals surface area contributed by atoms with Crippen molar-refractivity contribution in [3.63, 3.8) is 0 Å². The molecule has 0 aromatic carbocycles. The Morgan fingerprint density at radius 3 is 2.15 bits per heavy atom. The molecule has 0 radical (unpaired) electrons. The van der Waals surface area contributed by atoms with E-state index in [9.17, 15) is 0 Å². The van der Waals surface area contributed by atoms with E-state index in [0.29, 0.717) is 5.04 Å². The Bertz CT molecular complexity index is 231. The Balaban J connectivity index is 0.00000144. The predicted molar refractivity (Wildman–Crippen MR) is 57.7 cm³/mol. The first-order chi connectivity index (χ1) is 5.36. The van der Waals surface area contributed by atoms with Crippen LogP contribution in [0.3, 0.4) is 0 Å². The van der Waals surface area contributed by atoms with Crippen LogP contribution in [0, 0.1) is 6.08 Å². The fourth-order valence-corrected chi connectivity index (χ4v) is 3.12. The van der Waals surface area contributed by atoms with Crippen molar-refractivity contribution in [1.29, 1.82) is 0 Å². The Kier molecular flexibility index (Phi) is 4.72. The van der Waals surface area contributed by atoms with E-state index in [-0.39, 0.29) is 29.6 Å². The van der Waals surface area contributed by atoms with Gasteiger partial charge in [-0.3, -0.25) is 6.08 Å². The van der Waals surface area contributed by atoms with E-state index in [1.165, 1.54) is 5.20 Å². The van der Waals surface area contributed by atoms with E-state index >= 15 is 0 Å². The van der Waals surface area contributed by atoms with Gasteiger partial charge in [0.05, 0.1) is 0 Å². The van der Waals surface area contributed by atoms with Gasteiger partial charge in [-0.2, -0.15) is 6.08 Å². The first kappa shape index (κ1) is 13.7. The fraction of sp³-hybridized carbons (Fsp3) is 0.636. The summed E-state index contributed by atoms with van der Waals surface area (Å²) in [5, 5.41) is 1.96. The molecule has 0 spiro atoms. The Morgan fingerprint density at radius 1 is 1.31 bits per heavy atom. The second kappa shape index (κ2) is 4.48. The topological polar surface area (TPSA) is 0 Å². The van der Waals surface area contributed by atoms with Crippen molar-refractivity contribution in [2.75, 3.05) is 0 Å². The van der Waals surface area contributed by atoms with Gasteiger partial charge in [0.1, 0.15) is 0 Å². The van der Waals surface area contributed by atoms with Gasteiger partial charge in [-0.1, -0.05) is 33.9 Å². The maximum absolute atomic E-state index is 3.47. The number of hydrogen-bond donors (Lipinski definition) is 0. The predicted octanol–water partition coefficient (Wildman–Crippen LogP) is 0.728. The van der Waals surface area contributed by atoms with Crippen LogP contribution < -0.4 is 29.6 Å². The van der Waals surface area contributed by atoms with E-state index < -0.39 is 8.07 Å². The molecule has 0 bridgehead atoms. The summed E-state index contributed by atoms with van der Waals surface area (Å²) < 4.78 is 0. The standard InChI is InChI=1S/C11H19Si.Na/c1-11(2,3)12(4,5)10-8-6-7-9-10;/h6,8H,7H2,1-5H3;/q-1;+1. The minimum Gasteiger partial charge on any atom is -0.274 e. The third-order valence-electron chi connectivity index (χ3n) is 3.24. The SMILES string of the molecule is CC(C)(C)[Si](C)(C)C1=[C-]CC=C1.[Na+]. The van der Waals surface area contributed by atoms with Gasteiger partial charge in [0, 0.05) is 8.07 Å². The van der Waals surface area contributed by atoms with Crippen LogP contribution in [0.5, 0.6) is 0 Å². The van der Waals surface area contributed by atoms with E-state index in [4.69, 9.17) is 0 Å². The van der Waals surface area contributed by atoms with Crippen LogP contribution in [0.1, 0.15) is 27.2 Å². The van der Waals surface area contributed by atoms with Crippen molar-refractivity contribution in [2.45, 2.75) is 45.3 Å². The summed E-state index contributed by atoms with van der Waals surface area (Å²) in [4.78, 5) is 0. The molecule has 0 N–H and O–H groups in total. The molecule has 0 unspecified atom stereocenters. The quantitative estimate of drug-likeness (QED) is 0.434. The van der Waals surface area contributed by atoms with Gasteiger partial charge >= 0.3 is 29.6 Å². The minimum absolute atomic E-state index is 0. The molecule has 0 fully saturated rings. The molecule has 0 saturated heterocycles. The van der Waals surface area contributed by atoms with Gasteiger partial charge in [0.15, 0.2) is 0 Å². The van der Waals surface area contributed by atoms with Crippen LogP contribution >= 0.6 is 0 Å². The van der Waals surface area contributed by atoms with Gasteiger partial charge in [0.25, 0.3) is 0 Å². The van der Waals surface area contributed by atoms with Crippen molar-refractivity contribution in [2.24, 2.45) is 0 Å². The second-order valence-electron chi connectivity index (χ2n) is 5.07. The molecule has 0 aromatic rings. The van der Waals surface area contributed by atoms with E-state index in [2.05, 4.69) is 52.1 Å². The Morgan fingerprint density at radius 2 is 1.85 bits per heavy atom. The van der Waals surface area contributed by atoms with Crippen molar-refractivity contribution >= 4 is 8.07 Å². The summed E-state index contributed by atoms with van der Waals surface area (Å²) in [5.41, 5.74) is 0. The average molecular weight is 202 g/mol. The molecular weight excluding hydrogens is 183 g/mol. The maximum atomic E-state index is 3.47. The summed E-state index contributed by atoms with van der Waals surface area (Å²) in [6, 6.07) is 0. The Labute approximate surface area is 106 Å². The van der Waals surface area contributed by atoms with E-state index in [0.717, 1.165) is 6.42 Å². The summed E-state index contributed by atoms with van der Waals surface area (Å²) in [6.45, 7) is 11.9. The zero-order valence-electron chi connectivity index (χ0n) is 9.86. The molecular formula is C11H19NaSi. The summed E-state index contributed by atoms with van der Waals surface area (Å²) in [6.07, 6.45) is 8.99. The monoisotopic (exact) mass is 202 g/mol. The molecule has 0 heterocycles. The number of allylic oxidation sites excluding steroid dienone is 4. The van der Waals surface area contributed by atoms with Crippen LogP contribution in [0.4, 0.5) is 0 Å². The second-order valence-corrected chi connectivity index (χ2v) is 10.4. The van der Waals surface area contributed by atoms with Crippen LogP contribution in [-0.2, 0) is 0 Å². The van der Waals surface area contributed by atoms with E-state index in [1.807, 2.05) is 0 Å². The van der Waals surface area contributed by atoms with E-state index in [1.54, 1.807) is 0 Å². The van der Waals surface area contributed by atoms with Gasteiger partial charge in [0.2, 0.25) is 0 Å². The molecule has 1 rings (SSSR count). The Hall–Kier alpha value is 0.697. The number of hydrogen-bond acceptors (Lipinski definition) is 0. The minimum atomic E-state index is -1.25. The number of rotatable bonds is 1. The smallest absolute Gasteiger partial charge is 0.274 e. The average Bonchev–Trinajstić information content (AvgIpc) is 2.34. The third-order valence-corrected chi connectivity index (χ3v) is 8.68. The van der Waals surface area contributed by atoms with Crippen molar-refractivity contribution in [1.82, 2.24) is 0 Å². The molecule has 68 valence electrons. The molecule has 0 aliphatic heterocycles. The zero-order valence-corrected chi connectivity index (χ0v) is 12.9. The molecule has 0 amide bonds.